The second-order valence-corrected chi connectivity index (χ2v) is 8.59. The monoisotopic (exact) mass is 381 g/mol. The first kappa shape index (κ1) is 19.0. The summed E-state index contributed by atoms with van der Waals surface area (Å²) < 4.78 is 23.3. The average molecular weight is 382 g/mol. The molecular weight excluding hydrogens is 358 g/mol. The van der Waals surface area contributed by atoms with E-state index in [-0.39, 0.29) is 0 Å². The van der Waals surface area contributed by atoms with Crippen molar-refractivity contribution in [1.82, 2.24) is 9.97 Å². The van der Waals surface area contributed by atoms with Gasteiger partial charge in [0.25, 0.3) is 0 Å². The third kappa shape index (κ3) is 4.92. The van der Waals surface area contributed by atoms with Gasteiger partial charge >= 0.3 is 0 Å². The minimum Gasteiger partial charge on any atom is -0.364 e. The van der Waals surface area contributed by atoms with E-state index in [1.54, 1.807) is 24.3 Å². The number of sulfone groups is 1. The molecule has 5 nitrogen and oxygen atoms in total. The minimum absolute atomic E-state index is 0.307. The number of nitrogens with one attached hydrogen (secondary N) is 1. The molecule has 0 saturated heterocycles. The molecule has 0 saturated carbocycles. The van der Waals surface area contributed by atoms with Crippen LogP contribution in [0.25, 0.3) is 11.3 Å². The number of nitrogens with zero attached hydrogens (tertiary/aromatic N) is 2. The van der Waals surface area contributed by atoms with Crippen LogP contribution in [-0.2, 0) is 22.8 Å². The summed E-state index contributed by atoms with van der Waals surface area (Å²) in [6, 6.07) is 14.9. The van der Waals surface area contributed by atoms with E-state index in [0.29, 0.717) is 11.4 Å². The Balaban J connectivity index is 1.85. The van der Waals surface area contributed by atoms with Gasteiger partial charge in [-0.3, -0.25) is 4.98 Å². The van der Waals surface area contributed by atoms with Gasteiger partial charge in [0.2, 0.25) is 0 Å². The van der Waals surface area contributed by atoms with Crippen molar-refractivity contribution in [1.29, 1.82) is 0 Å². The highest BCUT2D eigenvalue weighted by Gasteiger charge is 2.09. The van der Waals surface area contributed by atoms with E-state index in [9.17, 15) is 8.42 Å². The highest BCUT2D eigenvalue weighted by Crippen LogP contribution is 2.23. The first-order valence-corrected chi connectivity index (χ1v) is 10.7. The van der Waals surface area contributed by atoms with Crippen molar-refractivity contribution >= 4 is 15.7 Å². The Morgan fingerprint density at radius 1 is 1.04 bits per heavy atom. The summed E-state index contributed by atoms with van der Waals surface area (Å²) in [7, 11) is -3.20. The summed E-state index contributed by atoms with van der Waals surface area (Å²) in [5.41, 5.74) is 4.93. The predicted molar refractivity (Wildman–Crippen MR) is 108 cm³/mol. The van der Waals surface area contributed by atoms with Crippen molar-refractivity contribution in [2.24, 2.45) is 0 Å². The van der Waals surface area contributed by atoms with E-state index >= 15 is 0 Å². The molecule has 0 fully saturated rings. The Morgan fingerprint density at radius 3 is 2.37 bits per heavy atom. The fourth-order valence-electron chi connectivity index (χ4n) is 2.69. The molecule has 0 amide bonds. The van der Waals surface area contributed by atoms with Crippen LogP contribution in [0.4, 0.5) is 5.82 Å². The summed E-state index contributed by atoms with van der Waals surface area (Å²) in [4.78, 5) is 9.40. The number of benzene rings is 1. The molecule has 0 unspecified atom stereocenters. The smallest absolute Gasteiger partial charge is 0.175 e. The van der Waals surface area contributed by atoms with Crippen molar-refractivity contribution in [3.05, 3.63) is 71.5 Å². The zero-order chi connectivity index (χ0) is 19.4. The summed E-state index contributed by atoms with van der Waals surface area (Å²) in [5, 5.41) is 3.33. The highest BCUT2D eigenvalue weighted by molar-refractivity contribution is 7.90. The molecule has 0 radical (unpaired) electrons. The van der Waals surface area contributed by atoms with Crippen molar-refractivity contribution in [2.75, 3.05) is 11.6 Å². The van der Waals surface area contributed by atoms with Crippen molar-refractivity contribution in [3.8, 4) is 11.3 Å². The standard InChI is InChI=1S/C21H23N3O2S/c1-4-16-11-20(17-6-9-19(10-7-17)27(3,25)26)24-21(12-16)23-14-18-8-5-15(2)13-22-18/h5-13H,4,14H2,1-3H3,(H,23,24). The van der Waals surface area contributed by atoms with Crippen LogP contribution in [0.15, 0.2) is 59.6 Å². The van der Waals surface area contributed by atoms with Crippen molar-refractivity contribution in [3.63, 3.8) is 0 Å². The van der Waals surface area contributed by atoms with Crippen LogP contribution in [0.3, 0.4) is 0 Å². The van der Waals surface area contributed by atoms with E-state index in [1.165, 1.54) is 6.26 Å². The Hall–Kier alpha value is -2.73. The first-order valence-electron chi connectivity index (χ1n) is 8.82. The fourth-order valence-corrected chi connectivity index (χ4v) is 3.32. The molecule has 2 aromatic heterocycles. The van der Waals surface area contributed by atoms with E-state index in [0.717, 1.165) is 40.3 Å². The lowest BCUT2D eigenvalue weighted by molar-refractivity contribution is 0.602. The molecule has 0 spiro atoms. The summed E-state index contributed by atoms with van der Waals surface area (Å²) in [6.07, 6.45) is 3.94. The van der Waals surface area contributed by atoms with Crippen LogP contribution in [0.1, 0.15) is 23.7 Å². The molecule has 3 aromatic rings. The number of hydrogen-bond acceptors (Lipinski definition) is 5. The van der Waals surface area contributed by atoms with Crippen molar-refractivity contribution in [2.45, 2.75) is 31.7 Å². The molecule has 3 rings (SSSR count). The Bertz CT molecular complexity index is 1030. The number of hydrogen-bond donors (Lipinski definition) is 1. The van der Waals surface area contributed by atoms with Crippen LogP contribution < -0.4 is 5.32 Å². The molecule has 27 heavy (non-hydrogen) atoms. The topological polar surface area (TPSA) is 72.0 Å². The number of anilines is 1. The van der Waals surface area contributed by atoms with Crippen LogP contribution in [-0.4, -0.2) is 24.6 Å². The molecule has 0 aliphatic heterocycles. The Kier molecular flexibility index (Phi) is 5.56. The van der Waals surface area contributed by atoms with Gasteiger partial charge in [-0.05, 0) is 54.8 Å². The summed E-state index contributed by atoms with van der Waals surface area (Å²) in [6.45, 7) is 4.70. The van der Waals surface area contributed by atoms with Crippen LogP contribution in [0, 0.1) is 6.92 Å². The molecule has 0 atom stereocenters. The zero-order valence-corrected chi connectivity index (χ0v) is 16.5. The van der Waals surface area contributed by atoms with Gasteiger partial charge in [-0.2, -0.15) is 0 Å². The maximum absolute atomic E-state index is 11.6. The third-order valence-corrected chi connectivity index (χ3v) is 5.42. The summed E-state index contributed by atoms with van der Waals surface area (Å²) in [5.74, 6) is 0.777. The molecule has 0 aliphatic carbocycles. The van der Waals surface area contributed by atoms with E-state index in [2.05, 4.69) is 22.2 Å². The molecule has 0 aliphatic rings. The lowest BCUT2D eigenvalue weighted by Crippen LogP contribution is -2.04. The van der Waals surface area contributed by atoms with Gasteiger partial charge in [0.05, 0.1) is 22.8 Å². The third-order valence-electron chi connectivity index (χ3n) is 4.29. The number of aromatic nitrogens is 2. The van der Waals surface area contributed by atoms with Crippen molar-refractivity contribution < 1.29 is 8.42 Å². The lowest BCUT2D eigenvalue weighted by Gasteiger charge is -2.11. The molecule has 2 heterocycles. The Labute approximate surface area is 160 Å². The van der Waals surface area contributed by atoms with E-state index < -0.39 is 9.84 Å². The normalized spacial score (nSPS) is 11.4. The molecule has 6 heteroatoms. The average Bonchev–Trinajstić information content (AvgIpc) is 2.66. The minimum atomic E-state index is -3.20. The quantitative estimate of drug-likeness (QED) is 0.698. The van der Waals surface area contributed by atoms with Gasteiger partial charge in [0.1, 0.15) is 5.82 Å². The van der Waals surface area contributed by atoms with Crippen LogP contribution in [0.2, 0.25) is 0 Å². The van der Waals surface area contributed by atoms with E-state index in [4.69, 9.17) is 0 Å². The maximum Gasteiger partial charge on any atom is 0.175 e. The van der Waals surface area contributed by atoms with Gasteiger partial charge in [-0.1, -0.05) is 25.1 Å². The molecule has 140 valence electrons. The second-order valence-electron chi connectivity index (χ2n) is 6.58. The van der Waals surface area contributed by atoms with Gasteiger partial charge in [-0.15, -0.1) is 0 Å². The largest absolute Gasteiger partial charge is 0.364 e. The number of aryl methyl sites for hydroxylation is 2. The lowest BCUT2D eigenvalue weighted by atomic mass is 10.1. The second kappa shape index (κ2) is 7.88. The number of rotatable bonds is 6. The van der Waals surface area contributed by atoms with Crippen LogP contribution in [0.5, 0.6) is 0 Å². The Morgan fingerprint density at radius 2 is 1.78 bits per heavy atom. The molecular formula is C21H23N3O2S. The van der Waals surface area contributed by atoms with Crippen LogP contribution >= 0.6 is 0 Å². The SMILES string of the molecule is CCc1cc(NCc2ccc(C)cn2)nc(-c2ccc(S(C)(=O)=O)cc2)c1. The van der Waals surface area contributed by atoms with Gasteiger partial charge < -0.3 is 5.32 Å². The highest BCUT2D eigenvalue weighted by atomic mass is 32.2. The first-order chi connectivity index (χ1) is 12.8. The molecule has 0 bridgehead atoms. The molecule has 1 aromatic carbocycles. The zero-order valence-electron chi connectivity index (χ0n) is 15.7. The van der Waals surface area contributed by atoms with Gasteiger partial charge in [-0.25, -0.2) is 13.4 Å². The summed E-state index contributed by atoms with van der Waals surface area (Å²) >= 11 is 0. The maximum atomic E-state index is 11.6. The van der Waals surface area contributed by atoms with Gasteiger partial charge in [0.15, 0.2) is 9.84 Å². The van der Waals surface area contributed by atoms with Gasteiger partial charge in [0, 0.05) is 18.0 Å². The fraction of sp³-hybridized carbons (Fsp3) is 0.238. The van der Waals surface area contributed by atoms with E-state index in [1.807, 2.05) is 37.4 Å². The number of pyridine rings is 2. The molecule has 1 N–H and O–H groups in total. The predicted octanol–water partition coefficient (Wildman–Crippen LogP) is 4.03.